The number of nitrogens with zero attached hydrogens (tertiary/aromatic N) is 3. The van der Waals surface area contributed by atoms with Gasteiger partial charge in [-0.3, -0.25) is 4.79 Å². The van der Waals surface area contributed by atoms with Crippen LogP contribution in [0.25, 0.3) is 0 Å². The van der Waals surface area contributed by atoms with E-state index < -0.39 is 6.04 Å². The summed E-state index contributed by atoms with van der Waals surface area (Å²) in [6.45, 7) is 4.36. The molecule has 0 saturated heterocycles. The van der Waals surface area contributed by atoms with E-state index in [9.17, 15) is 4.79 Å². The number of amides is 1. The molecule has 0 bridgehead atoms. The van der Waals surface area contributed by atoms with Crippen LogP contribution in [-0.4, -0.2) is 27.3 Å². The Labute approximate surface area is 173 Å². The molecule has 0 aliphatic carbocycles. The van der Waals surface area contributed by atoms with Crippen LogP contribution in [0.3, 0.4) is 0 Å². The first kappa shape index (κ1) is 19.0. The molecule has 1 aliphatic rings. The Morgan fingerprint density at radius 2 is 2.07 bits per heavy atom. The second-order valence-corrected chi connectivity index (χ2v) is 7.00. The van der Waals surface area contributed by atoms with Crippen LogP contribution in [-0.2, 0) is 4.79 Å². The lowest BCUT2D eigenvalue weighted by molar-refractivity contribution is -0.113. The molecule has 1 aliphatic heterocycles. The molecule has 29 heavy (non-hydrogen) atoms. The zero-order chi connectivity index (χ0) is 20.4. The summed E-state index contributed by atoms with van der Waals surface area (Å²) in [7, 11) is 0. The van der Waals surface area contributed by atoms with E-state index in [2.05, 4.69) is 20.7 Å². The summed E-state index contributed by atoms with van der Waals surface area (Å²) >= 11 is 6.21. The highest BCUT2D eigenvalue weighted by molar-refractivity contribution is 6.30. The minimum Gasteiger partial charge on any atom is -0.494 e. The highest BCUT2D eigenvalue weighted by atomic mass is 35.5. The number of benzene rings is 2. The van der Waals surface area contributed by atoms with E-state index in [1.54, 1.807) is 10.7 Å². The van der Waals surface area contributed by atoms with Gasteiger partial charge < -0.3 is 15.4 Å². The van der Waals surface area contributed by atoms with Gasteiger partial charge in [0, 0.05) is 16.4 Å². The van der Waals surface area contributed by atoms with Crippen molar-refractivity contribution in [3.8, 4) is 5.75 Å². The number of hydrogen-bond acceptors (Lipinski definition) is 5. The Kier molecular flexibility index (Phi) is 5.22. The summed E-state index contributed by atoms with van der Waals surface area (Å²) in [4.78, 5) is 17.5. The van der Waals surface area contributed by atoms with Gasteiger partial charge in [0.05, 0.1) is 12.2 Å². The molecular weight excluding hydrogens is 390 g/mol. The van der Waals surface area contributed by atoms with Crippen LogP contribution in [0.4, 0.5) is 11.6 Å². The Bertz CT molecular complexity index is 1070. The number of anilines is 2. The topological polar surface area (TPSA) is 81.1 Å². The summed E-state index contributed by atoms with van der Waals surface area (Å²) in [6.07, 6.45) is 1.46. The van der Waals surface area contributed by atoms with Crippen molar-refractivity contribution in [1.29, 1.82) is 0 Å². The summed E-state index contributed by atoms with van der Waals surface area (Å²) < 4.78 is 7.14. The number of fused-ring (bicyclic) bond motifs is 1. The third kappa shape index (κ3) is 3.82. The summed E-state index contributed by atoms with van der Waals surface area (Å²) in [5.41, 5.74) is 2.77. The van der Waals surface area contributed by atoms with Crippen LogP contribution >= 0.6 is 11.6 Å². The average molecular weight is 410 g/mol. The molecule has 7 nitrogen and oxygen atoms in total. The molecule has 0 radical (unpaired) electrons. The number of hydrogen-bond donors (Lipinski definition) is 2. The normalized spacial score (nSPS) is 15.5. The molecular formula is C21H20ClN5O2. The van der Waals surface area contributed by atoms with Crippen molar-refractivity contribution in [2.45, 2.75) is 19.9 Å². The van der Waals surface area contributed by atoms with Crippen LogP contribution in [0.2, 0.25) is 5.02 Å². The average Bonchev–Trinajstić information content (AvgIpc) is 3.16. The second kappa shape index (κ2) is 7.97. The van der Waals surface area contributed by atoms with E-state index in [-0.39, 0.29) is 5.91 Å². The monoisotopic (exact) mass is 409 g/mol. The molecule has 0 saturated carbocycles. The van der Waals surface area contributed by atoms with Gasteiger partial charge in [-0.05, 0) is 55.8 Å². The van der Waals surface area contributed by atoms with Crippen molar-refractivity contribution < 1.29 is 9.53 Å². The number of allylic oxidation sites excluding steroid dienone is 1. The zero-order valence-electron chi connectivity index (χ0n) is 16.0. The van der Waals surface area contributed by atoms with Crippen molar-refractivity contribution in [3.05, 3.63) is 76.7 Å². The first-order chi connectivity index (χ1) is 14.1. The Morgan fingerprint density at radius 3 is 2.79 bits per heavy atom. The fourth-order valence-electron chi connectivity index (χ4n) is 3.37. The number of carbonyl (C=O) groups is 1. The molecule has 3 aromatic rings. The highest BCUT2D eigenvalue weighted by Crippen LogP contribution is 2.36. The minimum absolute atomic E-state index is 0.231. The van der Waals surface area contributed by atoms with Gasteiger partial charge in [-0.25, -0.2) is 4.68 Å². The van der Waals surface area contributed by atoms with Crippen LogP contribution in [0.15, 0.2) is 66.1 Å². The predicted octanol–water partition coefficient (Wildman–Crippen LogP) is 4.26. The first-order valence-electron chi connectivity index (χ1n) is 9.23. The van der Waals surface area contributed by atoms with Crippen LogP contribution in [0.1, 0.15) is 25.5 Å². The molecule has 2 heterocycles. The molecule has 1 atom stereocenters. The minimum atomic E-state index is -0.449. The van der Waals surface area contributed by atoms with E-state index in [1.165, 1.54) is 6.33 Å². The van der Waals surface area contributed by atoms with Crippen molar-refractivity contribution in [2.24, 2.45) is 0 Å². The van der Waals surface area contributed by atoms with Gasteiger partial charge in [-0.2, -0.15) is 10.1 Å². The van der Waals surface area contributed by atoms with Crippen LogP contribution < -0.4 is 15.4 Å². The third-order valence-corrected chi connectivity index (χ3v) is 4.86. The van der Waals surface area contributed by atoms with Gasteiger partial charge in [-0.1, -0.05) is 23.7 Å². The smallest absolute Gasteiger partial charge is 0.255 e. The van der Waals surface area contributed by atoms with Crippen molar-refractivity contribution in [3.63, 3.8) is 0 Å². The van der Waals surface area contributed by atoms with Gasteiger partial charge in [0.15, 0.2) is 0 Å². The third-order valence-electron chi connectivity index (χ3n) is 4.63. The largest absolute Gasteiger partial charge is 0.494 e. The van der Waals surface area contributed by atoms with Crippen molar-refractivity contribution >= 4 is 29.1 Å². The Hall–Kier alpha value is -3.32. The highest BCUT2D eigenvalue weighted by Gasteiger charge is 2.33. The molecule has 8 heteroatoms. The summed E-state index contributed by atoms with van der Waals surface area (Å²) in [5, 5.41) is 11.0. The molecule has 0 spiro atoms. The van der Waals surface area contributed by atoms with Gasteiger partial charge in [0.2, 0.25) is 5.95 Å². The Morgan fingerprint density at radius 1 is 1.28 bits per heavy atom. The number of rotatable bonds is 5. The summed E-state index contributed by atoms with van der Waals surface area (Å²) in [5.74, 6) is 1.10. The van der Waals surface area contributed by atoms with E-state index in [4.69, 9.17) is 16.3 Å². The SMILES string of the molecule is CCOc1ccc(NC(=O)C2=C(C)Nc3ncnn3C2c2cccc(Cl)c2)cc1. The van der Waals surface area contributed by atoms with Crippen LogP contribution in [0, 0.1) is 0 Å². The number of ether oxygens (including phenoxy) is 1. The maximum atomic E-state index is 13.3. The molecule has 1 unspecified atom stereocenters. The molecule has 148 valence electrons. The molecule has 2 N–H and O–H groups in total. The lowest BCUT2D eigenvalue weighted by Crippen LogP contribution is -2.31. The van der Waals surface area contributed by atoms with Gasteiger partial charge >= 0.3 is 0 Å². The van der Waals surface area contributed by atoms with Gasteiger partial charge in [0.25, 0.3) is 5.91 Å². The molecule has 2 aromatic carbocycles. The lowest BCUT2D eigenvalue weighted by atomic mass is 9.95. The van der Waals surface area contributed by atoms with E-state index >= 15 is 0 Å². The van der Waals surface area contributed by atoms with Gasteiger partial charge in [-0.15, -0.1) is 0 Å². The molecule has 1 aromatic heterocycles. The predicted molar refractivity (Wildman–Crippen MR) is 112 cm³/mol. The van der Waals surface area contributed by atoms with Crippen molar-refractivity contribution in [2.75, 3.05) is 17.2 Å². The molecule has 4 rings (SSSR count). The lowest BCUT2D eigenvalue weighted by Gasteiger charge is -2.28. The number of carbonyl (C=O) groups excluding carboxylic acids is 1. The quantitative estimate of drug-likeness (QED) is 0.658. The second-order valence-electron chi connectivity index (χ2n) is 6.56. The van der Waals surface area contributed by atoms with Crippen LogP contribution in [0.5, 0.6) is 5.75 Å². The standard InChI is InChI=1S/C21H20ClN5O2/c1-3-29-17-9-7-16(8-10-17)26-20(28)18-13(2)25-21-23-12-24-27(21)19(18)14-5-4-6-15(22)11-14/h4-12,19H,3H2,1-2H3,(H,26,28)(H,23,24,25). The van der Waals surface area contributed by atoms with Crippen molar-refractivity contribution in [1.82, 2.24) is 14.8 Å². The van der Waals surface area contributed by atoms with E-state index in [1.807, 2.05) is 56.3 Å². The molecule has 0 fully saturated rings. The maximum absolute atomic E-state index is 13.3. The van der Waals surface area contributed by atoms with E-state index in [0.29, 0.717) is 34.5 Å². The number of aromatic nitrogens is 3. The first-order valence-corrected chi connectivity index (χ1v) is 9.61. The number of nitrogens with one attached hydrogen (secondary N) is 2. The number of halogens is 1. The fourth-order valence-corrected chi connectivity index (χ4v) is 3.57. The Balaban J connectivity index is 1.68. The fraction of sp³-hybridized carbons (Fsp3) is 0.190. The summed E-state index contributed by atoms with van der Waals surface area (Å²) in [6, 6.07) is 14.2. The molecule has 1 amide bonds. The maximum Gasteiger partial charge on any atom is 0.255 e. The zero-order valence-corrected chi connectivity index (χ0v) is 16.8. The van der Waals surface area contributed by atoms with Gasteiger partial charge in [0.1, 0.15) is 18.1 Å². The van der Waals surface area contributed by atoms with E-state index in [0.717, 1.165) is 11.3 Å².